The number of likely N-dealkylation sites (N-methyl/N-ethyl adjacent to an activating group) is 1. The first-order valence-electron chi connectivity index (χ1n) is 4.71. The number of rotatable bonds is 3. The molecule has 0 bridgehead atoms. The Balaban J connectivity index is 2.43. The van der Waals surface area contributed by atoms with Crippen molar-refractivity contribution in [3.8, 4) is 0 Å². The van der Waals surface area contributed by atoms with Gasteiger partial charge in [0.15, 0.2) is 0 Å². The minimum absolute atomic E-state index is 0.0603. The van der Waals surface area contributed by atoms with Crippen molar-refractivity contribution in [1.82, 2.24) is 4.90 Å². The van der Waals surface area contributed by atoms with E-state index in [-0.39, 0.29) is 6.10 Å². The first-order chi connectivity index (χ1) is 5.29. The lowest BCUT2D eigenvalue weighted by Crippen LogP contribution is -2.39. The maximum atomic E-state index is 9.58. The molecular formula is C9H19NO. The molecule has 1 rings (SSSR count). The molecule has 1 N–H and O–H groups in total. The Morgan fingerprint density at radius 3 is 2.27 bits per heavy atom. The normalized spacial score (nSPS) is 31.6. The number of hydrogen-bond donors (Lipinski definition) is 1. The van der Waals surface area contributed by atoms with Gasteiger partial charge in [-0.05, 0) is 32.4 Å². The third-order valence-corrected chi connectivity index (χ3v) is 2.73. The summed E-state index contributed by atoms with van der Waals surface area (Å²) in [5, 5.41) is 9.58. The van der Waals surface area contributed by atoms with Crippen LogP contribution < -0.4 is 0 Å². The van der Waals surface area contributed by atoms with E-state index in [0.717, 1.165) is 19.5 Å². The second-order valence-corrected chi connectivity index (χ2v) is 3.29. The quantitative estimate of drug-likeness (QED) is 0.666. The average molecular weight is 157 g/mol. The zero-order chi connectivity index (χ0) is 8.27. The summed E-state index contributed by atoms with van der Waals surface area (Å²) in [6.45, 7) is 6.46. The molecule has 0 aromatic carbocycles. The zero-order valence-electron chi connectivity index (χ0n) is 7.58. The van der Waals surface area contributed by atoms with Gasteiger partial charge in [0.1, 0.15) is 0 Å². The molecular weight excluding hydrogens is 138 g/mol. The van der Waals surface area contributed by atoms with Crippen LogP contribution in [0.2, 0.25) is 0 Å². The maximum Gasteiger partial charge on any atom is 0.0695 e. The molecule has 11 heavy (non-hydrogen) atoms. The molecule has 2 nitrogen and oxygen atoms in total. The Morgan fingerprint density at radius 1 is 1.27 bits per heavy atom. The van der Waals surface area contributed by atoms with Crippen molar-refractivity contribution in [2.24, 2.45) is 0 Å². The van der Waals surface area contributed by atoms with E-state index in [0.29, 0.717) is 6.04 Å². The van der Waals surface area contributed by atoms with Gasteiger partial charge in [-0.1, -0.05) is 13.8 Å². The van der Waals surface area contributed by atoms with Gasteiger partial charge >= 0.3 is 0 Å². The average Bonchev–Trinajstić information content (AvgIpc) is 2.40. The minimum atomic E-state index is -0.0603. The van der Waals surface area contributed by atoms with Crippen molar-refractivity contribution in [2.75, 3.05) is 13.1 Å². The van der Waals surface area contributed by atoms with Gasteiger partial charge in [0.25, 0.3) is 0 Å². The number of nitrogens with zero attached hydrogens (tertiary/aromatic N) is 1. The molecule has 2 unspecified atom stereocenters. The third-order valence-electron chi connectivity index (χ3n) is 2.73. The summed E-state index contributed by atoms with van der Waals surface area (Å²) in [6, 6.07) is 0.449. The molecule has 0 radical (unpaired) electrons. The van der Waals surface area contributed by atoms with Crippen LogP contribution in [0.5, 0.6) is 0 Å². The zero-order valence-corrected chi connectivity index (χ0v) is 7.58. The van der Waals surface area contributed by atoms with Crippen LogP contribution in [0.3, 0.4) is 0 Å². The molecule has 1 saturated carbocycles. The Morgan fingerprint density at radius 2 is 1.91 bits per heavy atom. The van der Waals surface area contributed by atoms with E-state index in [1.807, 2.05) is 0 Å². The fourth-order valence-corrected chi connectivity index (χ4v) is 2.04. The highest BCUT2D eigenvalue weighted by molar-refractivity contribution is 4.83. The molecule has 0 spiro atoms. The van der Waals surface area contributed by atoms with Crippen LogP contribution in [0.15, 0.2) is 0 Å². The fraction of sp³-hybridized carbons (Fsp3) is 1.00. The second kappa shape index (κ2) is 4.07. The van der Waals surface area contributed by atoms with Crippen LogP contribution in [0.25, 0.3) is 0 Å². The third kappa shape index (κ3) is 1.94. The van der Waals surface area contributed by atoms with Crippen molar-refractivity contribution in [3.63, 3.8) is 0 Å². The Bertz CT molecular complexity index is 112. The van der Waals surface area contributed by atoms with Crippen molar-refractivity contribution in [1.29, 1.82) is 0 Å². The van der Waals surface area contributed by atoms with Gasteiger partial charge in [0.05, 0.1) is 6.10 Å². The summed E-state index contributed by atoms with van der Waals surface area (Å²) in [5.41, 5.74) is 0. The molecule has 1 aliphatic rings. The number of hydrogen-bond acceptors (Lipinski definition) is 2. The van der Waals surface area contributed by atoms with Gasteiger partial charge in [-0.15, -0.1) is 0 Å². The second-order valence-electron chi connectivity index (χ2n) is 3.29. The predicted octanol–water partition coefficient (Wildman–Crippen LogP) is 1.24. The monoisotopic (exact) mass is 157 g/mol. The van der Waals surface area contributed by atoms with E-state index in [1.165, 1.54) is 12.8 Å². The van der Waals surface area contributed by atoms with Crippen LogP contribution in [0.1, 0.15) is 33.1 Å². The van der Waals surface area contributed by atoms with Gasteiger partial charge in [-0.3, -0.25) is 4.90 Å². The van der Waals surface area contributed by atoms with Crippen LogP contribution in [-0.4, -0.2) is 35.2 Å². The van der Waals surface area contributed by atoms with Gasteiger partial charge in [0.2, 0.25) is 0 Å². The molecule has 0 amide bonds. The lowest BCUT2D eigenvalue weighted by atomic mass is 10.2. The molecule has 2 atom stereocenters. The molecule has 0 aromatic heterocycles. The SMILES string of the molecule is CCN(CC)C1CCCC1O. The number of aliphatic hydroxyl groups excluding tert-OH is 1. The smallest absolute Gasteiger partial charge is 0.0695 e. The Hall–Kier alpha value is -0.0800. The van der Waals surface area contributed by atoms with Crippen LogP contribution in [-0.2, 0) is 0 Å². The van der Waals surface area contributed by atoms with E-state index in [9.17, 15) is 5.11 Å². The first kappa shape index (κ1) is 9.01. The van der Waals surface area contributed by atoms with Crippen molar-refractivity contribution in [2.45, 2.75) is 45.3 Å². The molecule has 0 heterocycles. The molecule has 0 saturated heterocycles. The highest BCUT2D eigenvalue weighted by Gasteiger charge is 2.28. The highest BCUT2D eigenvalue weighted by Crippen LogP contribution is 2.23. The summed E-state index contributed by atoms with van der Waals surface area (Å²) in [4.78, 5) is 2.36. The molecule has 0 aliphatic heterocycles. The standard InChI is InChI=1S/C9H19NO/c1-3-10(4-2)8-6-5-7-9(8)11/h8-9,11H,3-7H2,1-2H3. The topological polar surface area (TPSA) is 23.5 Å². The van der Waals surface area contributed by atoms with E-state index >= 15 is 0 Å². The molecule has 1 fully saturated rings. The van der Waals surface area contributed by atoms with E-state index in [4.69, 9.17) is 0 Å². The lowest BCUT2D eigenvalue weighted by molar-refractivity contribution is 0.0771. The van der Waals surface area contributed by atoms with Crippen molar-refractivity contribution >= 4 is 0 Å². The summed E-state index contributed by atoms with van der Waals surface area (Å²) < 4.78 is 0. The predicted molar refractivity (Wildman–Crippen MR) is 46.6 cm³/mol. The molecule has 2 heteroatoms. The Labute approximate surface area is 69.2 Å². The van der Waals surface area contributed by atoms with E-state index in [2.05, 4.69) is 18.7 Å². The molecule has 0 aromatic rings. The van der Waals surface area contributed by atoms with Gasteiger partial charge in [-0.2, -0.15) is 0 Å². The summed E-state index contributed by atoms with van der Waals surface area (Å²) in [5.74, 6) is 0. The van der Waals surface area contributed by atoms with E-state index < -0.39 is 0 Å². The first-order valence-corrected chi connectivity index (χ1v) is 4.71. The van der Waals surface area contributed by atoms with Gasteiger partial charge in [0, 0.05) is 6.04 Å². The minimum Gasteiger partial charge on any atom is -0.391 e. The molecule has 66 valence electrons. The summed E-state index contributed by atoms with van der Waals surface area (Å²) in [6.07, 6.45) is 3.32. The summed E-state index contributed by atoms with van der Waals surface area (Å²) >= 11 is 0. The number of aliphatic hydroxyl groups is 1. The van der Waals surface area contributed by atoms with E-state index in [1.54, 1.807) is 0 Å². The fourth-order valence-electron chi connectivity index (χ4n) is 2.04. The molecule has 1 aliphatic carbocycles. The van der Waals surface area contributed by atoms with Crippen LogP contribution in [0.4, 0.5) is 0 Å². The highest BCUT2D eigenvalue weighted by atomic mass is 16.3. The van der Waals surface area contributed by atoms with Crippen LogP contribution in [0, 0.1) is 0 Å². The Kier molecular flexibility index (Phi) is 3.34. The van der Waals surface area contributed by atoms with Gasteiger partial charge in [-0.25, -0.2) is 0 Å². The van der Waals surface area contributed by atoms with Gasteiger partial charge < -0.3 is 5.11 Å². The van der Waals surface area contributed by atoms with Crippen molar-refractivity contribution < 1.29 is 5.11 Å². The van der Waals surface area contributed by atoms with Crippen molar-refractivity contribution in [3.05, 3.63) is 0 Å². The maximum absolute atomic E-state index is 9.58. The largest absolute Gasteiger partial charge is 0.391 e. The summed E-state index contributed by atoms with van der Waals surface area (Å²) in [7, 11) is 0. The lowest BCUT2D eigenvalue weighted by Gasteiger charge is -2.28. The van der Waals surface area contributed by atoms with Crippen LogP contribution >= 0.6 is 0 Å².